The third kappa shape index (κ3) is 6.38. The van der Waals surface area contributed by atoms with Crippen LogP contribution in [0.4, 0.5) is 41.6 Å². The topological polar surface area (TPSA) is 64.1 Å². The van der Waals surface area contributed by atoms with Crippen LogP contribution >= 0.6 is 23.2 Å². The summed E-state index contributed by atoms with van der Waals surface area (Å²) in [4.78, 5) is 28.9. The van der Waals surface area contributed by atoms with E-state index >= 15 is 0 Å². The molecule has 3 amide bonds. The van der Waals surface area contributed by atoms with Gasteiger partial charge in [0.1, 0.15) is 0 Å². The second-order valence-electron chi connectivity index (χ2n) is 10.7. The lowest BCUT2D eigenvalue weighted by Crippen LogP contribution is -2.56. The third-order valence-electron chi connectivity index (χ3n) is 6.97. The number of carbonyl (C=O) groups excluding carboxylic acids is 1. The Morgan fingerprint density at radius 3 is 1.85 bits per heavy atom. The monoisotopic (exact) mass is 613 g/mol. The number of likely N-dealkylation sites (N-methyl/N-ethyl adjacent to an activating group) is 1. The van der Waals surface area contributed by atoms with Gasteiger partial charge in [-0.2, -0.15) is 26.3 Å². The minimum atomic E-state index is -5.10. The van der Waals surface area contributed by atoms with Gasteiger partial charge in [-0.05, 0) is 41.3 Å². The fourth-order valence-electron chi connectivity index (χ4n) is 5.15. The molecule has 0 saturated carbocycles. The number of carbonyl (C=O) groups is 2. The van der Waals surface area contributed by atoms with Gasteiger partial charge in [0.05, 0.1) is 33.3 Å². The maximum absolute atomic E-state index is 13.7. The van der Waals surface area contributed by atoms with E-state index in [1.165, 1.54) is 24.1 Å². The largest absolute Gasteiger partial charge is 0.465 e. The zero-order valence-electron chi connectivity index (χ0n) is 22.0. The van der Waals surface area contributed by atoms with Crippen molar-refractivity contribution in [3.63, 3.8) is 0 Å². The van der Waals surface area contributed by atoms with E-state index < -0.39 is 64.7 Å². The van der Waals surface area contributed by atoms with Crippen molar-refractivity contribution in [3.05, 3.63) is 63.1 Å². The highest BCUT2D eigenvalue weighted by atomic mass is 35.5. The van der Waals surface area contributed by atoms with Crippen LogP contribution in [-0.2, 0) is 12.4 Å². The summed E-state index contributed by atoms with van der Waals surface area (Å²) < 4.78 is 80.7. The molecule has 0 aromatic heterocycles. The standard InChI is InChI=1S/C26H27Cl2F6N3O3/c1-24(2,3)21-20(17(12-37(21)23(39)40)13-6-7-18(27)19(28)8-13)36(5)22(38)35(4)16-10-14(25(29,30)31)9-15(11-16)26(32,33)34/h6-11,17,20-21H,12H2,1-5H3,(H,39,40)/t17-,20-,21?/m0/s1. The van der Waals surface area contributed by atoms with Crippen LogP contribution in [0, 0.1) is 5.41 Å². The number of alkyl halides is 6. The number of hydrogen-bond donors (Lipinski definition) is 1. The summed E-state index contributed by atoms with van der Waals surface area (Å²) in [5.41, 5.74) is -3.96. The number of anilines is 1. The van der Waals surface area contributed by atoms with E-state index in [0.717, 1.165) is 11.9 Å². The molecule has 0 radical (unpaired) electrons. The first-order chi connectivity index (χ1) is 18.1. The zero-order chi connectivity index (χ0) is 30.5. The van der Waals surface area contributed by atoms with E-state index in [1.54, 1.807) is 26.8 Å². The highest BCUT2D eigenvalue weighted by molar-refractivity contribution is 6.42. The van der Waals surface area contributed by atoms with Crippen molar-refractivity contribution < 1.29 is 41.0 Å². The molecule has 3 atom stereocenters. The Hall–Kier alpha value is -2.86. The molecule has 2 aromatic carbocycles. The van der Waals surface area contributed by atoms with Crippen LogP contribution in [0.1, 0.15) is 43.4 Å². The van der Waals surface area contributed by atoms with Crippen molar-refractivity contribution in [1.29, 1.82) is 0 Å². The van der Waals surface area contributed by atoms with E-state index in [1.807, 2.05) is 0 Å². The predicted molar refractivity (Wildman–Crippen MR) is 139 cm³/mol. The second-order valence-corrected chi connectivity index (χ2v) is 11.5. The van der Waals surface area contributed by atoms with Gasteiger partial charge in [-0.1, -0.05) is 50.0 Å². The molecule has 0 aliphatic carbocycles. The Kier molecular flexibility index (Phi) is 8.59. The van der Waals surface area contributed by atoms with Gasteiger partial charge >= 0.3 is 24.5 Å². The summed E-state index contributed by atoms with van der Waals surface area (Å²) in [6.45, 7) is 5.25. The van der Waals surface area contributed by atoms with E-state index in [4.69, 9.17) is 23.2 Å². The molecule has 1 N–H and O–H groups in total. The Balaban J connectivity index is 2.12. The summed E-state index contributed by atoms with van der Waals surface area (Å²) >= 11 is 12.3. The molecule has 1 aliphatic rings. The maximum Gasteiger partial charge on any atom is 0.416 e. The van der Waals surface area contributed by atoms with Crippen LogP contribution in [0.5, 0.6) is 0 Å². The molecule has 1 saturated heterocycles. The van der Waals surface area contributed by atoms with Crippen molar-refractivity contribution in [2.45, 2.75) is 51.1 Å². The average molecular weight is 614 g/mol. The fraction of sp³-hybridized carbons (Fsp3) is 0.462. The Labute approximate surface area is 237 Å². The minimum absolute atomic E-state index is 0.0246. The van der Waals surface area contributed by atoms with Crippen molar-refractivity contribution in [2.75, 3.05) is 25.5 Å². The number of carboxylic acid groups (broad SMARTS) is 1. The predicted octanol–water partition coefficient (Wildman–Crippen LogP) is 8.08. The summed E-state index contributed by atoms with van der Waals surface area (Å²) in [5, 5.41) is 10.4. The van der Waals surface area contributed by atoms with Gasteiger partial charge in [0.2, 0.25) is 0 Å². The number of benzene rings is 2. The molecule has 3 rings (SSSR count). The van der Waals surface area contributed by atoms with Crippen LogP contribution in [0.25, 0.3) is 0 Å². The molecule has 2 aromatic rings. The number of amides is 3. The highest BCUT2D eigenvalue weighted by Gasteiger charge is 2.53. The van der Waals surface area contributed by atoms with Crippen LogP contribution in [0.2, 0.25) is 10.0 Å². The lowest BCUT2D eigenvalue weighted by atomic mass is 9.78. The molecule has 1 fully saturated rings. The SMILES string of the molecule is CN(C(=O)N(C)[C@@H]1C(C(C)(C)C)N(C(=O)O)C[C@H]1c1ccc(Cl)c(Cl)c1)c1cc(C(F)(F)F)cc(C(F)(F)F)c1. The van der Waals surface area contributed by atoms with Crippen molar-refractivity contribution in [2.24, 2.45) is 5.41 Å². The first kappa shape index (κ1) is 31.7. The number of nitrogens with zero attached hydrogens (tertiary/aromatic N) is 3. The van der Waals surface area contributed by atoms with Crippen LogP contribution in [0.3, 0.4) is 0 Å². The smallest absolute Gasteiger partial charge is 0.416 e. The van der Waals surface area contributed by atoms with Gasteiger partial charge < -0.3 is 14.9 Å². The van der Waals surface area contributed by atoms with Crippen LogP contribution in [-0.4, -0.2) is 59.8 Å². The minimum Gasteiger partial charge on any atom is -0.465 e. The molecule has 0 bridgehead atoms. The number of urea groups is 1. The van der Waals surface area contributed by atoms with E-state index in [-0.39, 0.29) is 22.7 Å². The molecule has 0 spiro atoms. The summed E-state index contributed by atoms with van der Waals surface area (Å²) in [7, 11) is 2.38. The average Bonchev–Trinajstić information content (AvgIpc) is 3.24. The third-order valence-corrected chi connectivity index (χ3v) is 7.70. The zero-order valence-corrected chi connectivity index (χ0v) is 23.5. The van der Waals surface area contributed by atoms with Gasteiger partial charge in [-0.3, -0.25) is 4.90 Å². The Bertz CT molecular complexity index is 1260. The molecule has 1 heterocycles. The molecule has 220 valence electrons. The molecule has 1 aliphatic heterocycles. The number of halogens is 8. The van der Waals surface area contributed by atoms with Gasteiger partial charge in [-0.25, -0.2) is 9.59 Å². The molecule has 40 heavy (non-hydrogen) atoms. The molecule has 14 heteroatoms. The lowest BCUT2D eigenvalue weighted by molar-refractivity contribution is -0.143. The summed E-state index contributed by atoms with van der Waals surface area (Å²) in [6.07, 6.45) is -11.5. The quantitative estimate of drug-likeness (QED) is 0.356. The summed E-state index contributed by atoms with van der Waals surface area (Å²) in [6, 6.07) is 2.94. The number of likely N-dealkylation sites (tertiary alicyclic amines) is 1. The molecule has 1 unspecified atom stereocenters. The van der Waals surface area contributed by atoms with Crippen molar-refractivity contribution >= 4 is 41.0 Å². The number of hydrogen-bond acceptors (Lipinski definition) is 2. The number of rotatable bonds is 3. The van der Waals surface area contributed by atoms with Crippen molar-refractivity contribution in [1.82, 2.24) is 9.80 Å². The Morgan fingerprint density at radius 2 is 1.43 bits per heavy atom. The van der Waals surface area contributed by atoms with Crippen molar-refractivity contribution in [3.8, 4) is 0 Å². The second kappa shape index (κ2) is 10.8. The molecular weight excluding hydrogens is 587 g/mol. The van der Waals surface area contributed by atoms with Crippen LogP contribution in [0.15, 0.2) is 36.4 Å². The van der Waals surface area contributed by atoms with Gasteiger partial charge in [0.25, 0.3) is 0 Å². The van der Waals surface area contributed by atoms with Gasteiger partial charge in [0.15, 0.2) is 0 Å². The fourth-order valence-corrected chi connectivity index (χ4v) is 5.46. The Morgan fingerprint density at radius 1 is 0.900 bits per heavy atom. The normalized spacial score (nSPS) is 20.0. The van der Waals surface area contributed by atoms with Gasteiger partial charge in [0, 0.05) is 32.2 Å². The first-order valence-corrected chi connectivity index (χ1v) is 12.6. The van der Waals surface area contributed by atoms with Crippen LogP contribution < -0.4 is 4.90 Å². The first-order valence-electron chi connectivity index (χ1n) is 11.9. The summed E-state index contributed by atoms with van der Waals surface area (Å²) in [5.74, 6) is -0.648. The molecule has 6 nitrogen and oxygen atoms in total. The van der Waals surface area contributed by atoms with Gasteiger partial charge in [-0.15, -0.1) is 0 Å². The maximum atomic E-state index is 13.7. The highest BCUT2D eigenvalue weighted by Crippen LogP contribution is 2.44. The molecular formula is C26H27Cl2F6N3O3. The lowest BCUT2D eigenvalue weighted by Gasteiger charge is -2.42. The van der Waals surface area contributed by atoms with E-state index in [9.17, 15) is 41.0 Å². The van der Waals surface area contributed by atoms with E-state index in [0.29, 0.717) is 22.6 Å². The van der Waals surface area contributed by atoms with E-state index in [2.05, 4.69) is 0 Å².